The minimum Gasteiger partial charge on any atom is -0.394 e. The predicted molar refractivity (Wildman–Crippen MR) is 54.8 cm³/mol. The molecule has 76 valence electrons. The smallest absolute Gasteiger partial charge is 0.217 e. The standard InChI is InChI=1S/C11H15NO2/c1-8-4-3-5-10(6-8)11(7-13)12-9(2)14/h3-6,11,13H,7H2,1-2H3,(H,12,14). The Balaban J connectivity index is 2.83. The second kappa shape index (κ2) is 4.77. The molecule has 0 heterocycles. The van der Waals surface area contributed by atoms with Crippen molar-refractivity contribution in [2.75, 3.05) is 6.61 Å². The summed E-state index contributed by atoms with van der Waals surface area (Å²) in [5.41, 5.74) is 2.05. The molecule has 0 saturated carbocycles. The Morgan fingerprint density at radius 1 is 1.57 bits per heavy atom. The van der Waals surface area contributed by atoms with Gasteiger partial charge in [-0.05, 0) is 12.5 Å². The first-order valence-corrected chi connectivity index (χ1v) is 4.58. The number of nitrogens with one attached hydrogen (secondary N) is 1. The molecule has 1 amide bonds. The molecule has 0 aliphatic heterocycles. The molecule has 3 heteroatoms. The summed E-state index contributed by atoms with van der Waals surface area (Å²) in [6.45, 7) is 3.34. The van der Waals surface area contributed by atoms with Gasteiger partial charge in [-0.1, -0.05) is 29.8 Å². The van der Waals surface area contributed by atoms with Crippen molar-refractivity contribution < 1.29 is 9.90 Å². The molecule has 1 aromatic carbocycles. The fraction of sp³-hybridized carbons (Fsp3) is 0.364. The van der Waals surface area contributed by atoms with Crippen LogP contribution in [0.2, 0.25) is 0 Å². The van der Waals surface area contributed by atoms with Gasteiger partial charge in [0.2, 0.25) is 5.91 Å². The average molecular weight is 193 g/mol. The van der Waals surface area contributed by atoms with Crippen LogP contribution in [0.15, 0.2) is 24.3 Å². The Hall–Kier alpha value is -1.35. The number of aryl methyl sites for hydroxylation is 1. The van der Waals surface area contributed by atoms with E-state index in [1.54, 1.807) is 0 Å². The summed E-state index contributed by atoms with van der Waals surface area (Å²) in [4.78, 5) is 10.8. The summed E-state index contributed by atoms with van der Waals surface area (Å²) in [7, 11) is 0. The molecular weight excluding hydrogens is 178 g/mol. The number of rotatable bonds is 3. The van der Waals surface area contributed by atoms with Crippen LogP contribution in [0.3, 0.4) is 0 Å². The third-order valence-corrected chi connectivity index (χ3v) is 2.00. The number of carbonyl (C=O) groups excluding carboxylic acids is 1. The summed E-state index contributed by atoms with van der Waals surface area (Å²) < 4.78 is 0. The number of aliphatic hydroxyl groups excluding tert-OH is 1. The number of aliphatic hydroxyl groups is 1. The third-order valence-electron chi connectivity index (χ3n) is 2.00. The molecule has 1 rings (SSSR count). The van der Waals surface area contributed by atoms with Crippen molar-refractivity contribution in [3.8, 4) is 0 Å². The maximum absolute atomic E-state index is 10.8. The number of hydrogen-bond donors (Lipinski definition) is 2. The first kappa shape index (κ1) is 10.7. The van der Waals surface area contributed by atoms with E-state index in [2.05, 4.69) is 5.32 Å². The quantitative estimate of drug-likeness (QED) is 0.757. The maximum atomic E-state index is 10.8. The van der Waals surface area contributed by atoms with E-state index < -0.39 is 0 Å². The molecule has 0 aromatic heterocycles. The predicted octanol–water partition coefficient (Wildman–Crippen LogP) is 1.16. The topological polar surface area (TPSA) is 49.3 Å². The Kier molecular flexibility index (Phi) is 3.65. The molecule has 0 aliphatic rings. The van der Waals surface area contributed by atoms with Crippen molar-refractivity contribution in [1.82, 2.24) is 5.32 Å². The molecule has 0 aliphatic carbocycles. The van der Waals surface area contributed by atoms with E-state index in [4.69, 9.17) is 5.11 Å². The second-order valence-corrected chi connectivity index (χ2v) is 3.35. The third kappa shape index (κ3) is 2.85. The number of carbonyl (C=O) groups is 1. The van der Waals surface area contributed by atoms with Gasteiger partial charge in [0.15, 0.2) is 0 Å². The lowest BCUT2D eigenvalue weighted by Crippen LogP contribution is -2.28. The van der Waals surface area contributed by atoms with Crippen LogP contribution in [0.1, 0.15) is 24.1 Å². The summed E-state index contributed by atoms with van der Waals surface area (Å²) in [6, 6.07) is 7.44. The number of hydrogen-bond acceptors (Lipinski definition) is 2. The highest BCUT2D eigenvalue weighted by molar-refractivity contribution is 5.73. The molecule has 2 N–H and O–H groups in total. The first-order chi connectivity index (χ1) is 6.63. The van der Waals surface area contributed by atoms with Crippen LogP contribution in [0.5, 0.6) is 0 Å². The van der Waals surface area contributed by atoms with E-state index in [1.807, 2.05) is 31.2 Å². The molecule has 3 nitrogen and oxygen atoms in total. The average Bonchev–Trinajstić information content (AvgIpc) is 2.14. The van der Waals surface area contributed by atoms with Gasteiger partial charge in [-0.3, -0.25) is 4.79 Å². The highest BCUT2D eigenvalue weighted by atomic mass is 16.3. The first-order valence-electron chi connectivity index (χ1n) is 4.58. The lowest BCUT2D eigenvalue weighted by Gasteiger charge is -2.15. The molecule has 0 radical (unpaired) electrons. The van der Waals surface area contributed by atoms with Crippen LogP contribution >= 0.6 is 0 Å². The van der Waals surface area contributed by atoms with Crippen molar-refractivity contribution in [2.45, 2.75) is 19.9 Å². The van der Waals surface area contributed by atoms with E-state index in [9.17, 15) is 4.79 Å². The van der Waals surface area contributed by atoms with Gasteiger partial charge in [-0.25, -0.2) is 0 Å². The van der Waals surface area contributed by atoms with E-state index in [1.165, 1.54) is 6.92 Å². The van der Waals surface area contributed by atoms with Crippen LogP contribution in [0.25, 0.3) is 0 Å². The van der Waals surface area contributed by atoms with Gasteiger partial charge in [-0.2, -0.15) is 0 Å². The van der Waals surface area contributed by atoms with Gasteiger partial charge in [0.1, 0.15) is 0 Å². The Morgan fingerprint density at radius 2 is 2.29 bits per heavy atom. The number of amides is 1. The molecular formula is C11H15NO2. The summed E-state index contributed by atoms with van der Waals surface area (Å²) >= 11 is 0. The number of benzene rings is 1. The SMILES string of the molecule is CC(=O)NC(CO)c1cccc(C)c1. The maximum Gasteiger partial charge on any atom is 0.217 e. The molecule has 1 unspecified atom stereocenters. The summed E-state index contributed by atoms with van der Waals surface area (Å²) in [5.74, 6) is -0.134. The zero-order valence-electron chi connectivity index (χ0n) is 8.45. The van der Waals surface area contributed by atoms with Crippen LogP contribution in [-0.4, -0.2) is 17.6 Å². The molecule has 14 heavy (non-hydrogen) atoms. The van der Waals surface area contributed by atoms with Crippen LogP contribution in [0, 0.1) is 6.92 Å². The molecule has 0 fully saturated rings. The summed E-state index contributed by atoms with van der Waals surface area (Å²) in [5, 5.41) is 11.8. The molecule has 1 atom stereocenters. The van der Waals surface area contributed by atoms with Gasteiger partial charge < -0.3 is 10.4 Å². The van der Waals surface area contributed by atoms with E-state index in [0.29, 0.717) is 0 Å². The lowest BCUT2D eigenvalue weighted by atomic mass is 10.1. The highest BCUT2D eigenvalue weighted by Gasteiger charge is 2.10. The molecule has 1 aromatic rings. The fourth-order valence-corrected chi connectivity index (χ4v) is 1.37. The fourth-order valence-electron chi connectivity index (χ4n) is 1.37. The van der Waals surface area contributed by atoms with Crippen molar-refractivity contribution in [3.05, 3.63) is 35.4 Å². The van der Waals surface area contributed by atoms with Gasteiger partial charge in [0, 0.05) is 6.92 Å². The van der Waals surface area contributed by atoms with Crippen LogP contribution < -0.4 is 5.32 Å². The molecule has 0 bridgehead atoms. The minimum atomic E-state index is -0.299. The van der Waals surface area contributed by atoms with Crippen molar-refractivity contribution in [1.29, 1.82) is 0 Å². The largest absolute Gasteiger partial charge is 0.394 e. The molecule has 0 spiro atoms. The van der Waals surface area contributed by atoms with Gasteiger partial charge >= 0.3 is 0 Å². The van der Waals surface area contributed by atoms with Crippen LogP contribution in [0.4, 0.5) is 0 Å². The van der Waals surface area contributed by atoms with E-state index >= 15 is 0 Å². The Bertz CT molecular complexity index is 323. The van der Waals surface area contributed by atoms with Gasteiger partial charge in [-0.15, -0.1) is 0 Å². The second-order valence-electron chi connectivity index (χ2n) is 3.35. The normalized spacial score (nSPS) is 12.2. The highest BCUT2D eigenvalue weighted by Crippen LogP contribution is 2.13. The lowest BCUT2D eigenvalue weighted by molar-refractivity contribution is -0.120. The molecule has 0 saturated heterocycles. The Morgan fingerprint density at radius 3 is 2.79 bits per heavy atom. The zero-order chi connectivity index (χ0) is 10.6. The van der Waals surface area contributed by atoms with Crippen molar-refractivity contribution in [2.24, 2.45) is 0 Å². The van der Waals surface area contributed by atoms with Gasteiger partial charge in [0.25, 0.3) is 0 Å². The monoisotopic (exact) mass is 193 g/mol. The minimum absolute atomic E-state index is 0.0803. The Labute approximate surface area is 83.8 Å². The van der Waals surface area contributed by atoms with Crippen LogP contribution in [-0.2, 0) is 4.79 Å². The van der Waals surface area contributed by atoms with Crippen molar-refractivity contribution >= 4 is 5.91 Å². The van der Waals surface area contributed by atoms with E-state index in [0.717, 1.165) is 11.1 Å². The zero-order valence-corrected chi connectivity index (χ0v) is 8.45. The van der Waals surface area contributed by atoms with Gasteiger partial charge in [0.05, 0.1) is 12.6 Å². The summed E-state index contributed by atoms with van der Waals surface area (Å²) in [6.07, 6.45) is 0. The van der Waals surface area contributed by atoms with E-state index in [-0.39, 0.29) is 18.6 Å². The van der Waals surface area contributed by atoms with Crippen molar-refractivity contribution in [3.63, 3.8) is 0 Å².